The van der Waals surface area contributed by atoms with E-state index >= 15 is 0 Å². The van der Waals surface area contributed by atoms with Crippen LogP contribution in [-0.2, 0) is 0 Å². The molecule has 0 bridgehead atoms. The number of nitrogens with zero attached hydrogens (tertiary/aromatic N) is 1. The van der Waals surface area contributed by atoms with Crippen LogP contribution in [0.4, 0.5) is 17.1 Å². The maximum absolute atomic E-state index is 2.38. The second-order valence-corrected chi connectivity index (χ2v) is 12.5. The molecule has 0 heterocycles. The molecule has 0 aliphatic rings. The van der Waals surface area contributed by atoms with Gasteiger partial charge in [-0.1, -0.05) is 164 Å². The van der Waals surface area contributed by atoms with Gasteiger partial charge in [0, 0.05) is 16.9 Å². The quantitative estimate of drug-likeness (QED) is 0.167. The van der Waals surface area contributed by atoms with Gasteiger partial charge in [0.1, 0.15) is 0 Å². The van der Waals surface area contributed by atoms with Crippen LogP contribution in [0, 0.1) is 0 Å². The van der Waals surface area contributed by atoms with Gasteiger partial charge in [0.25, 0.3) is 0 Å². The van der Waals surface area contributed by atoms with E-state index in [1.165, 1.54) is 65.7 Å². The topological polar surface area (TPSA) is 3.24 Å². The Morgan fingerprint density at radius 1 is 0.286 bits per heavy atom. The molecule has 1 heteroatoms. The van der Waals surface area contributed by atoms with E-state index in [9.17, 15) is 0 Å². The van der Waals surface area contributed by atoms with Crippen molar-refractivity contribution in [1.82, 2.24) is 0 Å². The molecule has 0 aliphatic heterocycles. The molecule has 0 amide bonds. The molecule has 9 aromatic carbocycles. The summed E-state index contributed by atoms with van der Waals surface area (Å²) in [5.74, 6) is 0. The van der Waals surface area contributed by atoms with Crippen molar-refractivity contribution in [3.05, 3.63) is 200 Å². The van der Waals surface area contributed by atoms with Gasteiger partial charge < -0.3 is 4.90 Å². The molecule has 0 saturated heterocycles. The third kappa shape index (κ3) is 5.23. The summed E-state index contributed by atoms with van der Waals surface area (Å²) in [6.45, 7) is 0. The Hall–Kier alpha value is -6.44. The van der Waals surface area contributed by atoms with E-state index < -0.39 is 0 Å². The molecule has 0 spiro atoms. The molecular weight excluding hydrogens is 591 g/mol. The lowest BCUT2D eigenvalue weighted by Crippen LogP contribution is -2.11. The number of hydrogen-bond acceptors (Lipinski definition) is 1. The van der Waals surface area contributed by atoms with Crippen molar-refractivity contribution in [3.63, 3.8) is 0 Å². The Morgan fingerprint density at radius 3 is 1.51 bits per heavy atom. The number of rotatable bonds is 6. The molecule has 49 heavy (non-hydrogen) atoms. The minimum atomic E-state index is 1.11. The van der Waals surface area contributed by atoms with Crippen molar-refractivity contribution in [2.24, 2.45) is 0 Å². The van der Waals surface area contributed by atoms with Gasteiger partial charge in [0.15, 0.2) is 0 Å². The van der Waals surface area contributed by atoms with Crippen LogP contribution in [0.5, 0.6) is 0 Å². The number of fused-ring (bicyclic) bond motifs is 5. The van der Waals surface area contributed by atoms with Crippen LogP contribution >= 0.6 is 0 Å². The van der Waals surface area contributed by atoms with Crippen molar-refractivity contribution >= 4 is 49.4 Å². The summed E-state index contributed by atoms with van der Waals surface area (Å²) in [7, 11) is 0. The number of anilines is 3. The minimum Gasteiger partial charge on any atom is -0.310 e. The third-order valence-corrected chi connectivity index (χ3v) is 9.65. The minimum absolute atomic E-state index is 1.11. The number of para-hydroxylation sites is 1. The van der Waals surface area contributed by atoms with Crippen LogP contribution in [0.2, 0.25) is 0 Å². The van der Waals surface area contributed by atoms with E-state index in [0.29, 0.717) is 0 Å². The van der Waals surface area contributed by atoms with Crippen LogP contribution in [0.25, 0.3) is 65.7 Å². The standard InChI is InChI=1S/C48H33N/c1-3-13-34(14-4-1)35-23-28-40(29-24-35)49(47-22-12-11-20-43(47)36-15-5-2-6-16-36)41-30-25-38(26-31-41)46-33-39-18-8-9-19-42(39)45-32-27-37-17-7-10-21-44(37)48(45)46/h1-33H. The zero-order valence-corrected chi connectivity index (χ0v) is 27.0. The van der Waals surface area contributed by atoms with Gasteiger partial charge >= 0.3 is 0 Å². The summed E-state index contributed by atoms with van der Waals surface area (Å²) < 4.78 is 0. The van der Waals surface area contributed by atoms with E-state index in [1.807, 2.05) is 0 Å². The molecule has 9 rings (SSSR count). The van der Waals surface area contributed by atoms with E-state index in [-0.39, 0.29) is 0 Å². The lowest BCUT2D eigenvalue weighted by molar-refractivity contribution is 1.28. The largest absolute Gasteiger partial charge is 0.310 e. The highest BCUT2D eigenvalue weighted by Gasteiger charge is 2.18. The second kappa shape index (κ2) is 12.3. The first-order chi connectivity index (χ1) is 24.3. The molecule has 0 saturated carbocycles. The van der Waals surface area contributed by atoms with E-state index in [4.69, 9.17) is 0 Å². The van der Waals surface area contributed by atoms with Gasteiger partial charge in [0.05, 0.1) is 5.69 Å². The average molecular weight is 624 g/mol. The zero-order valence-electron chi connectivity index (χ0n) is 27.0. The Morgan fingerprint density at radius 2 is 0.796 bits per heavy atom. The van der Waals surface area contributed by atoms with E-state index in [1.54, 1.807) is 0 Å². The number of benzene rings is 9. The van der Waals surface area contributed by atoms with Gasteiger partial charge in [0.2, 0.25) is 0 Å². The molecule has 0 N–H and O–H groups in total. The van der Waals surface area contributed by atoms with Crippen LogP contribution in [-0.4, -0.2) is 0 Å². The van der Waals surface area contributed by atoms with Crippen molar-refractivity contribution in [2.45, 2.75) is 0 Å². The zero-order chi connectivity index (χ0) is 32.6. The summed E-state index contributed by atoms with van der Waals surface area (Å²) >= 11 is 0. The fraction of sp³-hybridized carbons (Fsp3) is 0. The molecule has 230 valence electrons. The maximum atomic E-state index is 2.38. The monoisotopic (exact) mass is 623 g/mol. The van der Waals surface area contributed by atoms with Crippen molar-refractivity contribution in [3.8, 4) is 33.4 Å². The van der Waals surface area contributed by atoms with Gasteiger partial charge in [-0.25, -0.2) is 0 Å². The van der Waals surface area contributed by atoms with Crippen LogP contribution in [0.15, 0.2) is 200 Å². The Labute approximate surface area is 287 Å². The summed E-state index contributed by atoms with van der Waals surface area (Å²) in [4.78, 5) is 2.38. The summed E-state index contributed by atoms with van der Waals surface area (Å²) in [6, 6.07) is 72.4. The molecule has 0 unspecified atom stereocenters. The van der Waals surface area contributed by atoms with E-state index in [2.05, 4.69) is 205 Å². The third-order valence-electron chi connectivity index (χ3n) is 9.65. The highest BCUT2D eigenvalue weighted by atomic mass is 15.1. The fourth-order valence-corrected chi connectivity index (χ4v) is 7.29. The normalized spacial score (nSPS) is 11.3. The van der Waals surface area contributed by atoms with Gasteiger partial charge in [-0.15, -0.1) is 0 Å². The van der Waals surface area contributed by atoms with Crippen LogP contribution in [0.1, 0.15) is 0 Å². The SMILES string of the molecule is c1ccc(-c2ccc(N(c3ccc(-c4cc5ccccc5c5ccc6ccccc6c45)cc3)c3ccccc3-c3ccccc3)cc2)cc1. The highest BCUT2D eigenvalue weighted by Crippen LogP contribution is 2.43. The molecular formula is C48H33N. The predicted molar refractivity (Wildman–Crippen MR) is 210 cm³/mol. The molecule has 9 aromatic rings. The van der Waals surface area contributed by atoms with Crippen molar-refractivity contribution < 1.29 is 0 Å². The predicted octanol–water partition coefficient (Wildman–Crippen LogP) is 13.6. The first-order valence-electron chi connectivity index (χ1n) is 16.9. The average Bonchev–Trinajstić information content (AvgIpc) is 3.19. The first-order valence-corrected chi connectivity index (χ1v) is 16.9. The Bertz CT molecular complexity index is 2570. The summed E-state index contributed by atoms with van der Waals surface area (Å²) in [6.07, 6.45) is 0. The van der Waals surface area contributed by atoms with Gasteiger partial charge in [-0.2, -0.15) is 0 Å². The van der Waals surface area contributed by atoms with Gasteiger partial charge in [-0.05, 0) is 96.5 Å². The maximum Gasteiger partial charge on any atom is 0.0540 e. The highest BCUT2D eigenvalue weighted by molar-refractivity contribution is 6.23. The summed E-state index contributed by atoms with van der Waals surface area (Å²) in [5.41, 5.74) is 10.6. The lowest BCUT2D eigenvalue weighted by Gasteiger charge is -2.28. The first kappa shape index (κ1) is 28.8. The lowest BCUT2D eigenvalue weighted by atomic mass is 9.90. The molecule has 0 aliphatic carbocycles. The van der Waals surface area contributed by atoms with Crippen LogP contribution in [0.3, 0.4) is 0 Å². The van der Waals surface area contributed by atoms with Crippen molar-refractivity contribution in [1.29, 1.82) is 0 Å². The Kier molecular flexibility index (Phi) is 7.22. The summed E-state index contributed by atoms with van der Waals surface area (Å²) in [5, 5.41) is 7.65. The van der Waals surface area contributed by atoms with E-state index in [0.717, 1.165) is 17.1 Å². The second-order valence-electron chi connectivity index (χ2n) is 12.5. The molecule has 0 fully saturated rings. The smallest absolute Gasteiger partial charge is 0.0540 e. The molecule has 0 aromatic heterocycles. The molecule has 1 nitrogen and oxygen atoms in total. The molecule has 0 radical (unpaired) electrons. The van der Waals surface area contributed by atoms with Gasteiger partial charge in [-0.3, -0.25) is 0 Å². The van der Waals surface area contributed by atoms with Crippen molar-refractivity contribution in [2.75, 3.05) is 4.90 Å². The fourth-order valence-electron chi connectivity index (χ4n) is 7.29. The number of hydrogen-bond donors (Lipinski definition) is 0. The van der Waals surface area contributed by atoms with Crippen LogP contribution < -0.4 is 4.90 Å². The molecule has 0 atom stereocenters. The Balaban J connectivity index is 1.22.